The predicted molar refractivity (Wildman–Crippen MR) is 160 cm³/mol. The number of carbonyl (C=O) groups is 2. The fourth-order valence-corrected chi connectivity index (χ4v) is 5.54. The number of likely N-dealkylation sites (tertiary alicyclic amines) is 1. The largest absolute Gasteiger partial charge is 0.481 e. The topological polar surface area (TPSA) is 127 Å². The Bertz CT molecular complexity index is 1760. The highest BCUT2D eigenvalue weighted by Gasteiger charge is 2.45. The summed E-state index contributed by atoms with van der Waals surface area (Å²) in [7, 11) is 3.04. The third-order valence-electron chi connectivity index (χ3n) is 7.58. The minimum atomic E-state index is -0.795. The lowest BCUT2D eigenvalue weighted by molar-refractivity contribution is -0.158. The van der Waals surface area contributed by atoms with E-state index in [2.05, 4.69) is 10.4 Å². The highest BCUT2D eigenvalue weighted by molar-refractivity contribution is 6.36. The van der Waals surface area contributed by atoms with Gasteiger partial charge in [-0.1, -0.05) is 48.0 Å². The molecular formula is C31H30ClN5O5. The number of hydrogen-bond donors (Lipinski definition) is 2. The average molecular weight is 588 g/mol. The molecule has 216 valence electrons. The van der Waals surface area contributed by atoms with E-state index in [-0.39, 0.29) is 5.56 Å². The number of carbonyl (C=O) groups excluding carboxylic acids is 1. The van der Waals surface area contributed by atoms with Crippen molar-refractivity contribution in [3.63, 3.8) is 0 Å². The number of anilines is 1. The monoisotopic (exact) mass is 587 g/mol. The number of aromatic nitrogens is 3. The van der Waals surface area contributed by atoms with Crippen molar-refractivity contribution < 1.29 is 19.4 Å². The van der Waals surface area contributed by atoms with Gasteiger partial charge in [-0.2, -0.15) is 5.10 Å². The molecule has 1 fully saturated rings. The summed E-state index contributed by atoms with van der Waals surface area (Å²) in [5, 5.41) is 16.6. The molecular weight excluding hydrogens is 558 g/mol. The smallest absolute Gasteiger partial charge is 0.311 e. The highest BCUT2D eigenvalue weighted by Crippen LogP contribution is 2.40. The van der Waals surface area contributed by atoms with E-state index in [0.29, 0.717) is 47.5 Å². The number of carboxylic acid groups (broad SMARTS) is 1. The van der Waals surface area contributed by atoms with E-state index in [0.717, 1.165) is 26.9 Å². The van der Waals surface area contributed by atoms with Crippen molar-refractivity contribution in [2.24, 2.45) is 12.5 Å². The molecule has 4 aromatic rings. The minimum absolute atomic E-state index is 0.00851. The van der Waals surface area contributed by atoms with Crippen molar-refractivity contribution >= 4 is 29.2 Å². The number of hydrogen-bond acceptors (Lipinski definition) is 7. The molecule has 5 rings (SSSR count). The van der Waals surface area contributed by atoms with Crippen LogP contribution in [0.2, 0.25) is 5.02 Å². The SMILES string of the molecule is COc1nc(-c2cccc(-c3cccc(NC(=O)c4ccnn(C)c4=O)c3C)c2Cl)ccc1CN1CC(C)(C(=O)O)C1. The van der Waals surface area contributed by atoms with Crippen LogP contribution < -0.4 is 15.6 Å². The first kappa shape index (κ1) is 29.0. The summed E-state index contributed by atoms with van der Waals surface area (Å²) in [5.74, 6) is -0.877. The lowest BCUT2D eigenvalue weighted by Gasteiger charge is -2.45. The van der Waals surface area contributed by atoms with Crippen LogP contribution in [0, 0.1) is 12.3 Å². The van der Waals surface area contributed by atoms with E-state index >= 15 is 0 Å². The second-order valence-electron chi connectivity index (χ2n) is 10.6. The number of nitrogens with one attached hydrogen (secondary N) is 1. The third-order valence-corrected chi connectivity index (χ3v) is 7.99. The molecule has 0 radical (unpaired) electrons. The highest BCUT2D eigenvalue weighted by atomic mass is 35.5. The van der Waals surface area contributed by atoms with E-state index in [1.165, 1.54) is 19.3 Å². The summed E-state index contributed by atoms with van der Waals surface area (Å²) < 4.78 is 6.70. The van der Waals surface area contributed by atoms with E-state index in [9.17, 15) is 19.5 Å². The molecule has 42 heavy (non-hydrogen) atoms. The number of ether oxygens (including phenoxy) is 1. The van der Waals surface area contributed by atoms with Gasteiger partial charge in [-0.15, -0.1) is 0 Å². The Morgan fingerprint density at radius 2 is 1.76 bits per heavy atom. The summed E-state index contributed by atoms with van der Waals surface area (Å²) in [6.45, 7) is 5.06. The van der Waals surface area contributed by atoms with Crippen molar-refractivity contribution in [1.82, 2.24) is 19.7 Å². The number of aliphatic carboxylic acids is 1. The van der Waals surface area contributed by atoms with Crippen molar-refractivity contribution in [3.8, 4) is 28.3 Å². The molecule has 3 heterocycles. The van der Waals surface area contributed by atoms with Crippen LogP contribution in [0.5, 0.6) is 5.88 Å². The van der Waals surface area contributed by atoms with Crippen LogP contribution >= 0.6 is 11.6 Å². The Morgan fingerprint density at radius 3 is 2.48 bits per heavy atom. The maximum atomic E-state index is 12.9. The molecule has 2 aromatic heterocycles. The molecule has 0 aliphatic carbocycles. The molecule has 10 nitrogen and oxygen atoms in total. The molecule has 0 bridgehead atoms. The zero-order chi connectivity index (χ0) is 30.2. The predicted octanol–water partition coefficient (Wildman–Crippen LogP) is 4.64. The van der Waals surface area contributed by atoms with Gasteiger partial charge in [0.2, 0.25) is 5.88 Å². The second kappa shape index (κ2) is 11.4. The molecule has 0 spiro atoms. The Kier molecular flexibility index (Phi) is 7.85. The van der Waals surface area contributed by atoms with E-state index in [1.54, 1.807) is 20.1 Å². The molecule has 2 aromatic carbocycles. The fraction of sp³-hybridized carbons (Fsp3) is 0.258. The van der Waals surface area contributed by atoms with Crippen LogP contribution in [0.4, 0.5) is 5.69 Å². The number of nitrogens with zero attached hydrogens (tertiary/aromatic N) is 4. The van der Waals surface area contributed by atoms with Gasteiger partial charge in [0.1, 0.15) is 5.56 Å². The first-order chi connectivity index (χ1) is 20.0. The van der Waals surface area contributed by atoms with Crippen molar-refractivity contribution in [2.75, 3.05) is 25.5 Å². The Labute approximate surface area is 247 Å². The van der Waals surface area contributed by atoms with Crippen LogP contribution in [0.15, 0.2) is 65.6 Å². The van der Waals surface area contributed by atoms with E-state index in [1.807, 2.05) is 54.3 Å². The second-order valence-corrected chi connectivity index (χ2v) is 11.0. The first-order valence-corrected chi connectivity index (χ1v) is 13.6. The number of amides is 1. The standard InChI is InChI=1S/C31H30ClN5O5/c1-18-20(7-6-10-24(18)34-27(38)23-13-14-33-36(3)29(23)39)21-8-5-9-22(26(21)32)25-12-11-19(28(35-25)42-4)15-37-16-31(2,17-37)30(40)41/h5-14H,15-17H2,1-4H3,(H,34,38)(H,40,41). The molecule has 0 unspecified atom stereocenters. The number of halogens is 1. The number of aryl methyl sites for hydroxylation is 1. The van der Waals surface area contributed by atoms with Gasteiger partial charge < -0.3 is 15.2 Å². The van der Waals surface area contributed by atoms with Crippen LogP contribution in [0.25, 0.3) is 22.4 Å². The van der Waals surface area contributed by atoms with E-state index < -0.39 is 22.9 Å². The summed E-state index contributed by atoms with van der Waals surface area (Å²) in [6.07, 6.45) is 1.40. The Balaban J connectivity index is 1.42. The average Bonchev–Trinajstić information content (AvgIpc) is 2.95. The van der Waals surface area contributed by atoms with Gasteiger partial charge in [0.05, 0.1) is 23.2 Å². The normalized spacial score (nSPS) is 14.2. The minimum Gasteiger partial charge on any atom is -0.481 e. The van der Waals surface area contributed by atoms with Gasteiger partial charge in [0, 0.05) is 55.3 Å². The summed E-state index contributed by atoms with van der Waals surface area (Å²) in [6, 6.07) is 16.3. The van der Waals surface area contributed by atoms with Gasteiger partial charge >= 0.3 is 5.97 Å². The zero-order valence-corrected chi connectivity index (χ0v) is 24.4. The third kappa shape index (κ3) is 5.38. The quantitative estimate of drug-likeness (QED) is 0.305. The molecule has 1 amide bonds. The Hall–Kier alpha value is -4.54. The van der Waals surface area contributed by atoms with Gasteiger partial charge in [-0.3, -0.25) is 19.3 Å². The first-order valence-electron chi connectivity index (χ1n) is 13.2. The molecule has 1 aliphatic rings. The number of pyridine rings is 1. The number of rotatable bonds is 8. The van der Waals surface area contributed by atoms with Crippen LogP contribution in [-0.4, -0.2) is 56.8 Å². The number of methoxy groups -OCH3 is 1. The lowest BCUT2D eigenvalue weighted by Crippen LogP contribution is -2.58. The summed E-state index contributed by atoms with van der Waals surface area (Å²) >= 11 is 6.97. The zero-order valence-electron chi connectivity index (χ0n) is 23.6. The van der Waals surface area contributed by atoms with Crippen LogP contribution in [-0.2, 0) is 18.4 Å². The van der Waals surface area contributed by atoms with Gasteiger partial charge in [-0.25, -0.2) is 9.67 Å². The molecule has 1 saturated heterocycles. The molecule has 1 aliphatic heterocycles. The Morgan fingerprint density at radius 1 is 1.07 bits per heavy atom. The number of carboxylic acids is 1. The van der Waals surface area contributed by atoms with Gasteiger partial charge in [-0.05, 0) is 43.2 Å². The molecule has 11 heteroatoms. The van der Waals surface area contributed by atoms with Crippen LogP contribution in [0.1, 0.15) is 28.4 Å². The summed E-state index contributed by atoms with van der Waals surface area (Å²) in [5.41, 5.74) is 3.83. The van der Waals surface area contributed by atoms with Gasteiger partial charge in [0.25, 0.3) is 11.5 Å². The van der Waals surface area contributed by atoms with Gasteiger partial charge in [0.15, 0.2) is 0 Å². The van der Waals surface area contributed by atoms with Crippen molar-refractivity contribution in [2.45, 2.75) is 20.4 Å². The molecule has 2 N–H and O–H groups in total. The molecule has 0 saturated carbocycles. The van der Waals surface area contributed by atoms with Crippen LogP contribution in [0.3, 0.4) is 0 Å². The fourth-order valence-electron chi connectivity index (χ4n) is 5.21. The number of benzene rings is 2. The summed E-state index contributed by atoms with van der Waals surface area (Å²) in [4.78, 5) is 43.5. The maximum Gasteiger partial charge on any atom is 0.311 e. The van der Waals surface area contributed by atoms with Crippen molar-refractivity contribution in [3.05, 3.63) is 92.9 Å². The lowest BCUT2D eigenvalue weighted by atomic mass is 9.82. The molecule has 0 atom stereocenters. The van der Waals surface area contributed by atoms with Crippen molar-refractivity contribution in [1.29, 1.82) is 0 Å². The maximum absolute atomic E-state index is 12.9. The van der Waals surface area contributed by atoms with E-state index in [4.69, 9.17) is 21.3 Å².